The lowest BCUT2D eigenvalue weighted by molar-refractivity contribution is -0.129. The number of amides is 1. The molecule has 4 nitrogen and oxygen atoms in total. The lowest BCUT2D eigenvalue weighted by Crippen LogP contribution is -2.45. The van der Waals surface area contributed by atoms with Crippen LogP contribution in [0.3, 0.4) is 0 Å². The molecule has 0 aromatic heterocycles. The van der Waals surface area contributed by atoms with Crippen LogP contribution in [-0.4, -0.2) is 54.1 Å². The Morgan fingerprint density at radius 1 is 1.38 bits per heavy atom. The average molecular weight is 225 g/mol. The van der Waals surface area contributed by atoms with Crippen molar-refractivity contribution in [3.63, 3.8) is 0 Å². The number of piperidine rings is 1. The molecule has 0 radical (unpaired) electrons. The Labute approximate surface area is 98.0 Å². The van der Waals surface area contributed by atoms with Gasteiger partial charge in [0.2, 0.25) is 5.91 Å². The van der Waals surface area contributed by atoms with Crippen LogP contribution in [0.2, 0.25) is 0 Å². The predicted octanol–water partition coefficient (Wildman–Crippen LogP) is 0.639. The molecule has 4 heteroatoms. The predicted molar refractivity (Wildman–Crippen MR) is 64.1 cm³/mol. The summed E-state index contributed by atoms with van der Waals surface area (Å²) >= 11 is 0. The maximum absolute atomic E-state index is 11.8. The highest BCUT2D eigenvalue weighted by molar-refractivity contribution is 5.83. The van der Waals surface area contributed by atoms with E-state index in [1.54, 1.807) is 0 Å². The van der Waals surface area contributed by atoms with Crippen LogP contribution in [0.25, 0.3) is 0 Å². The summed E-state index contributed by atoms with van der Waals surface area (Å²) in [6.07, 6.45) is 3.99. The van der Waals surface area contributed by atoms with Crippen LogP contribution in [0.4, 0.5) is 0 Å². The molecule has 0 aromatic rings. The Hall–Kier alpha value is -0.610. The van der Waals surface area contributed by atoms with Crippen LogP contribution in [0.1, 0.15) is 33.1 Å². The third-order valence-electron chi connectivity index (χ3n) is 3.77. The highest BCUT2D eigenvalue weighted by Crippen LogP contribution is 2.14. The van der Waals surface area contributed by atoms with Crippen LogP contribution in [0.15, 0.2) is 0 Å². The second-order valence-corrected chi connectivity index (χ2v) is 5.09. The molecule has 2 fully saturated rings. The van der Waals surface area contributed by atoms with Gasteiger partial charge in [0.25, 0.3) is 0 Å². The van der Waals surface area contributed by atoms with Crippen molar-refractivity contribution in [1.82, 2.24) is 15.1 Å². The van der Waals surface area contributed by atoms with Gasteiger partial charge in [0.1, 0.15) is 0 Å². The van der Waals surface area contributed by atoms with Crippen molar-refractivity contribution in [2.45, 2.75) is 45.2 Å². The van der Waals surface area contributed by atoms with Crippen LogP contribution in [-0.2, 0) is 4.79 Å². The molecular formula is C12H23N3O. The summed E-state index contributed by atoms with van der Waals surface area (Å²) in [5.41, 5.74) is 0. The molecule has 0 aliphatic carbocycles. The van der Waals surface area contributed by atoms with E-state index in [1.165, 1.54) is 32.4 Å². The summed E-state index contributed by atoms with van der Waals surface area (Å²) < 4.78 is 0. The van der Waals surface area contributed by atoms with Crippen molar-refractivity contribution in [2.75, 3.05) is 26.3 Å². The summed E-state index contributed by atoms with van der Waals surface area (Å²) in [6.45, 7) is 8.17. The van der Waals surface area contributed by atoms with Gasteiger partial charge in [-0.3, -0.25) is 15.0 Å². The molecule has 0 spiro atoms. The molecule has 1 N–H and O–H groups in total. The first-order valence-electron chi connectivity index (χ1n) is 6.44. The quantitative estimate of drug-likeness (QED) is 0.765. The molecule has 2 saturated heterocycles. The first-order chi connectivity index (χ1) is 7.68. The van der Waals surface area contributed by atoms with Gasteiger partial charge >= 0.3 is 0 Å². The van der Waals surface area contributed by atoms with Gasteiger partial charge in [0, 0.05) is 12.6 Å². The van der Waals surface area contributed by atoms with Gasteiger partial charge in [0.05, 0.1) is 12.7 Å². The largest absolute Gasteiger partial charge is 0.327 e. The zero-order valence-corrected chi connectivity index (χ0v) is 10.4. The standard InChI is InChI=1S/C12H23N3O/c1-10(14-6-4-3-5-7-14)8-15-9-13-11(2)12(15)16/h10-11,13H,3-9H2,1-2H3. The van der Waals surface area contributed by atoms with E-state index in [0.717, 1.165) is 13.2 Å². The second kappa shape index (κ2) is 5.15. The molecule has 0 saturated carbocycles. The molecule has 2 aliphatic heterocycles. The van der Waals surface area contributed by atoms with Gasteiger partial charge in [-0.1, -0.05) is 6.42 Å². The summed E-state index contributed by atoms with van der Waals surface area (Å²) in [7, 11) is 0. The lowest BCUT2D eigenvalue weighted by Gasteiger charge is -2.34. The Kier molecular flexibility index (Phi) is 3.82. The number of hydrogen-bond donors (Lipinski definition) is 1. The molecule has 92 valence electrons. The molecule has 2 atom stereocenters. The van der Waals surface area contributed by atoms with Crippen LogP contribution >= 0.6 is 0 Å². The lowest BCUT2D eigenvalue weighted by atomic mass is 10.1. The molecular weight excluding hydrogens is 202 g/mol. The van der Waals surface area contributed by atoms with E-state index in [9.17, 15) is 4.79 Å². The normalized spacial score (nSPS) is 29.8. The fourth-order valence-corrected chi connectivity index (χ4v) is 2.63. The third-order valence-corrected chi connectivity index (χ3v) is 3.77. The fraction of sp³-hybridized carbons (Fsp3) is 0.917. The van der Waals surface area contributed by atoms with Crippen molar-refractivity contribution >= 4 is 5.91 Å². The fourth-order valence-electron chi connectivity index (χ4n) is 2.63. The third kappa shape index (κ3) is 2.55. The number of hydrogen-bond acceptors (Lipinski definition) is 3. The second-order valence-electron chi connectivity index (χ2n) is 5.09. The Balaban J connectivity index is 1.82. The van der Waals surface area contributed by atoms with Crippen molar-refractivity contribution in [3.05, 3.63) is 0 Å². The van der Waals surface area contributed by atoms with Gasteiger partial charge < -0.3 is 4.90 Å². The molecule has 16 heavy (non-hydrogen) atoms. The average Bonchev–Trinajstić information content (AvgIpc) is 2.62. The van der Waals surface area contributed by atoms with E-state index in [1.807, 2.05) is 11.8 Å². The van der Waals surface area contributed by atoms with Crippen molar-refractivity contribution < 1.29 is 4.79 Å². The minimum absolute atomic E-state index is 0.00792. The first kappa shape index (κ1) is 11.9. The molecule has 2 heterocycles. The summed E-state index contributed by atoms with van der Waals surface area (Å²) in [5.74, 6) is 0.254. The van der Waals surface area contributed by atoms with Crippen LogP contribution in [0, 0.1) is 0 Å². The van der Waals surface area contributed by atoms with Crippen LogP contribution in [0.5, 0.6) is 0 Å². The molecule has 2 unspecified atom stereocenters. The van der Waals surface area contributed by atoms with Gasteiger partial charge in [-0.05, 0) is 39.8 Å². The topological polar surface area (TPSA) is 35.6 Å². The van der Waals surface area contributed by atoms with Gasteiger partial charge in [-0.2, -0.15) is 0 Å². The molecule has 0 aromatic carbocycles. The molecule has 0 bridgehead atoms. The van der Waals surface area contributed by atoms with E-state index < -0.39 is 0 Å². The Bertz CT molecular complexity index is 251. The Morgan fingerprint density at radius 2 is 2.06 bits per heavy atom. The number of rotatable bonds is 3. The highest BCUT2D eigenvalue weighted by atomic mass is 16.2. The van der Waals surface area contributed by atoms with E-state index >= 15 is 0 Å². The monoisotopic (exact) mass is 225 g/mol. The minimum atomic E-state index is 0.00792. The zero-order valence-electron chi connectivity index (χ0n) is 10.4. The number of nitrogens with zero attached hydrogens (tertiary/aromatic N) is 2. The van der Waals surface area contributed by atoms with E-state index in [4.69, 9.17) is 0 Å². The highest BCUT2D eigenvalue weighted by Gasteiger charge is 2.29. The number of likely N-dealkylation sites (tertiary alicyclic amines) is 1. The van der Waals surface area contributed by atoms with Crippen molar-refractivity contribution in [1.29, 1.82) is 0 Å². The number of carbonyl (C=O) groups is 1. The minimum Gasteiger partial charge on any atom is -0.327 e. The summed E-state index contributed by atoms with van der Waals surface area (Å²) in [5, 5.41) is 3.19. The van der Waals surface area contributed by atoms with Crippen LogP contribution < -0.4 is 5.32 Å². The smallest absolute Gasteiger partial charge is 0.240 e. The van der Waals surface area contributed by atoms with Crippen molar-refractivity contribution in [3.8, 4) is 0 Å². The van der Waals surface area contributed by atoms with E-state index in [-0.39, 0.29) is 11.9 Å². The molecule has 1 amide bonds. The Morgan fingerprint density at radius 3 is 2.62 bits per heavy atom. The van der Waals surface area contributed by atoms with E-state index in [0.29, 0.717) is 6.04 Å². The maximum Gasteiger partial charge on any atom is 0.240 e. The summed E-state index contributed by atoms with van der Waals surface area (Å²) in [6, 6.07) is 0.505. The van der Waals surface area contributed by atoms with Gasteiger partial charge in [0.15, 0.2) is 0 Å². The number of carbonyl (C=O) groups excluding carboxylic acids is 1. The molecule has 2 rings (SSSR count). The maximum atomic E-state index is 11.8. The SMILES string of the molecule is CC1NCN(CC(C)N2CCCCC2)C1=O. The molecule has 2 aliphatic rings. The van der Waals surface area contributed by atoms with Gasteiger partial charge in [-0.25, -0.2) is 0 Å². The van der Waals surface area contributed by atoms with Gasteiger partial charge in [-0.15, -0.1) is 0 Å². The van der Waals surface area contributed by atoms with Crippen molar-refractivity contribution in [2.24, 2.45) is 0 Å². The first-order valence-corrected chi connectivity index (χ1v) is 6.44. The zero-order chi connectivity index (χ0) is 11.5. The summed E-state index contributed by atoms with van der Waals surface area (Å²) in [4.78, 5) is 16.2. The number of nitrogens with one attached hydrogen (secondary N) is 1. The van der Waals surface area contributed by atoms with E-state index in [2.05, 4.69) is 17.1 Å².